The molecule has 0 spiro atoms. The van der Waals surface area contributed by atoms with Crippen LogP contribution < -0.4 is 5.32 Å². The van der Waals surface area contributed by atoms with Crippen molar-refractivity contribution in [2.24, 2.45) is 0 Å². The minimum atomic E-state index is 0.387. The van der Waals surface area contributed by atoms with E-state index in [1.54, 1.807) is 0 Å². The molecule has 0 saturated heterocycles. The van der Waals surface area contributed by atoms with Crippen LogP contribution in [0.5, 0.6) is 0 Å². The van der Waals surface area contributed by atoms with E-state index in [0.29, 0.717) is 6.04 Å². The summed E-state index contributed by atoms with van der Waals surface area (Å²) >= 11 is 0. The van der Waals surface area contributed by atoms with E-state index in [1.165, 1.54) is 5.56 Å². The first kappa shape index (κ1) is 15.7. The number of fused-ring (bicyclic) bond motifs is 3. The lowest BCUT2D eigenvalue weighted by Gasteiger charge is -2.15. The molecule has 0 aliphatic carbocycles. The van der Waals surface area contributed by atoms with Crippen molar-refractivity contribution in [2.75, 3.05) is 5.32 Å². The molecule has 0 fully saturated rings. The summed E-state index contributed by atoms with van der Waals surface area (Å²) < 4.78 is 1.91. The average molecular weight is 311 g/mol. The highest BCUT2D eigenvalue weighted by Gasteiger charge is 2.15. The van der Waals surface area contributed by atoms with Gasteiger partial charge in [-0.2, -0.15) is 4.52 Å². The standard InChI is InChI=1S/C18H25N5/c1-6-8-14-10-15(19-12(4)7-2)23-18(21-14)16-11(3)9-13(5)20-17(16)22-23/h9-10,12,19H,6-8H2,1-5H3/t12-/m0/s1. The van der Waals surface area contributed by atoms with Crippen molar-refractivity contribution in [3.63, 3.8) is 0 Å². The summed E-state index contributed by atoms with van der Waals surface area (Å²) in [6, 6.07) is 4.61. The Labute approximate surface area is 137 Å². The Morgan fingerprint density at radius 3 is 2.65 bits per heavy atom. The Morgan fingerprint density at radius 1 is 1.17 bits per heavy atom. The highest BCUT2D eigenvalue weighted by atomic mass is 15.3. The lowest BCUT2D eigenvalue weighted by atomic mass is 10.1. The number of hydrogen-bond donors (Lipinski definition) is 1. The molecule has 3 aromatic heterocycles. The Bertz CT molecular complexity index is 850. The molecule has 1 N–H and O–H groups in total. The normalized spacial score (nSPS) is 12.9. The van der Waals surface area contributed by atoms with E-state index in [1.807, 2.05) is 11.4 Å². The van der Waals surface area contributed by atoms with Gasteiger partial charge in [-0.3, -0.25) is 0 Å². The Morgan fingerprint density at radius 2 is 1.96 bits per heavy atom. The van der Waals surface area contributed by atoms with Crippen LogP contribution in [0.3, 0.4) is 0 Å². The van der Waals surface area contributed by atoms with Crippen LogP contribution in [0.4, 0.5) is 5.82 Å². The number of nitrogens with one attached hydrogen (secondary N) is 1. The molecular weight excluding hydrogens is 286 g/mol. The van der Waals surface area contributed by atoms with Crippen LogP contribution in [-0.2, 0) is 6.42 Å². The topological polar surface area (TPSA) is 55.1 Å². The largest absolute Gasteiger partial charge is 0.367 e. The SMILES string of the molecule is CCCc1cc(N[C@@H](C)CC)n2nc3nc(C)cc(C)c3c2n1. The molecule has 122 valence electrons. The number of aryl methyl sites for hydroxylation is 3. The van der Waals surface area contributed by atoms with Gasteiger partial charge in [-0.25, -0.2) is 9.97 Å². The number of pyridine rings is 1. The Kier molecular flexibility index (Phi) is 4.20. The minimum absolute atomic E-state index is 0.387. The second-order valence-corrected chi connectivity index (χ2v) is 6.35. The summed E-state index contributed by atoms with van der Waals surface area (Å²) in [6.07, 6.45) is 3.11. The zero-order chi connectivity index (χ0) is 16.6. The first-order chi connectivity index (χ1) is 11.0. The number of hydrogen-bond acceptors (Lipinski definition) is 4. The summed E-state index contributed by atoms with van der Waals surface area (Å²) in [5.74, 6) is 1.00. The van der Waals surface area contributed by atoms with E-state index in [4.69, 9.17) is 10.1 Å². The van der Waals surface area contributed by atoms with Crippen molar-refractivity contribution in [1.29, 1.82) is 0 Å². The van der Waals surface area contributed by atoms with Gasteiger partial charge in [0, 0.05) is 23.5 Å². The second kappa shape index (κ2) is 6.14. The molecule has 1 atom stereocenters. The summed E-state index contributed by atoms with van der Waals surface area (Å²) in [4.78, 5) is 9.45. The van der Waals surface area contributed by atoms with Gasteiger partial charge in [0.15, 0.2) is 11.3 Å². The first-order valence-electron chi connectivity index (χ1n) is 8.46. The van der Waals surface area contributed by atoms with E-state index in [2.05, 4.69) is 50.1 Å². The summed E-state index contributed by atoms with van der Waals surface area (Å²) in [6.45, 7) is 10.7. The van der Waals surface area contributed by atoms with Gasteiger partial charge in [0.05, 0.1) is 5.39 Å². The van der Waals surface area contributed by atoms with E-state index < -0.39 is 0 Å². The average Bonchev–Trinajstić information content (AvgIpc) is 2.86. The maximum absolute atomic E-state index is 4.86. The molecule has 0 aliphatic heterocycles. The molecule has 0 aliphatic rings. The molecule has 0 amide bonds. The van der Waals surface area contributed by atoms with Gasteiger partial charge in [0.1, 0.15) is 5.82 Å². The number of anilines is 1. The summed E-state index contributed by atoms with van der Waals surface area (Å²) in [5.41, 5.74) is 4.95. The summed E-state index contributed by atoms with van der Waals surface area (Å²) in [5, 5.41) is 9.32. The van der Waals surface area contributed by atoms with E-state index in [0.717, 1.165) is 53.1 Å². The molecular formula is C18H25N5. The molecule has 3 heterocycles. The quantitative estimate of drug-likeness (QED) is 0.772. The lowest BCUT2D eigenvalue weighted by Crippen LogP contribution is -2.17. The van der Waals surface area contributed by atoms with Gasteiger partial charge in [-0.05, 0) is 45.2 Å². The maximum atomic E-state index is 4.86. The van der Waals surface area contributed by atoms with Crippen LogP contribution in [0.25, 0.3) is 16.7 Å². The Balaban J connectivity index is 2.30. The van der Waals surface area contributed by atoms with Crippen LogP contribution in [0, 0.1) is 13.8 Å². The molecule has 3 aromatic rings. The molecule has 0 radical (unpaired) electrons. The van der Waals surface area contributed by atoms with Gasteiger partial charge in [-0.15, -0.1) is 5.10 Å². The van der Waals surface area contributed by atoms with Crippen molar-refractivity contribution >= 4 is 22.5 Å². The molecule has 23 heavy (non-hydrogen) atoms. The third kappa shape index (κ3) is 2.87. The number of rotatable bonds is 5. The lowest BCUT2D eigenvalue weighted by molar-refractivity contribution is 0.746. The molecule has 3 rings (SSSR count). The highest BCUT2D eigenvalue weighted by molar-refractivity contribution is 5.93. The molecule has 0 bridgehead atoms. The zero-order valence-electron chi connectivity index (χ0n) is 14.6. The van der Waals surface area contributed by atoms with Crippen molar-refractivity contribution in [3.05, 3.63) is 29.1 Å². The fourth-order valence-electron chi connectivity index (χ4n) is 2.91. The van der Waals surface area contributed by atoms with Crippen molar-refractivity contribution in [2.45, 2.75) is 59.9 Å². The van der Waals surface area contributed by atoms with Gasteiger partial charge in [-0.1, -0.05) is 20.3 Å². The second-order valence-electron chi connectivity index (χ2n) is 6.35. The van der Waals surface area contributed by atoms with Crippen LogP contribution >= 0.6 is 0 Å². The van der Waals surface area contributed by atoms with Crippen LogP contribution in [-0.4, -0.2) is 25.6 Å². The molecule has 0 aromatic carbocycles. The minimum Gasteiger partial charge on any atom is -0.367 e. The van der Waals surface area contributed by atoms with Crippen LogP contribution in [0.1, 0.15) is 50.6 Å². The van der Waals surface area contributed by atoms with E-state index in [9.17, 15) is 0 Å². The third-order valence-corrected chi connectivity index (χ3v) is 4.24. The summed E-state index contributed by atoms with van der Waals surface area (Å²) in [7, 11) is 0. The highest BCUT2D eigenvalue weighted by Crippen LogP contribution is 2.25. The maximum Gasteiger partial charge on any atom is 0.184 e. The third-order valence-electron chi connectivity index (χ3n) is 4.24. The number of nitrogens with zero attached hydrogens (tertiary/aromatic N) is 4. The van der Waals surface area contributed by atoms with E-state index in [-0.39, 0.29) is 0 Å². The van der Waals surface area contributed by atoms with E-state index >= 15 is 0 Å². The monoisotopic (exact) mass is 311 g/mol. The zero-order valence-corrected chi connectivity index (χ0v) is 14.6. The predicted octanol–water partition coefficient (Wildman–Crippen LogP) is 4.06. The van der Waals surface area contributed by atoms with Crippen LogP contribution in [0.15, 0.2) is 12.1 Å². The fraction of sp³-hybridized carbons (Fsp3) is 0.500. The van der Waals surface area contributed by atoms with Gasteiger partial charge >= 0.3 is 0 Å². The van der Waals surface area contributed by atoms with Gasteiger partial charge in [0.25, 0.3) is 0 Å². The predicted molar refractivity (Wildman–Crippen MR) is 95.1 cm³/mol. The molecule has 0 saturated carbocycles. The molecule has 0 unspecified atom stereocenters. The van der Waals surface area contributed by atoms with Crippen molar-refractivity contribution in [1.82, 2.24) is 19.6 Å². The number of aromatic nitrogens is 4. The van der Waals surface area contributed by atoms with Crippen LogP contribution in [0.2, 0.25) is 0 Å². The van der Waals surface area contributed by atoms with Crippen molar-refractivity contribution < 1.29 is 0 Å². The molecule has 5 nitrogen and oxygen atoms in total. The first-order valence-corrected chi connectivity index (χ1v) is 8.46. The van der Waals surface area contributed by atoms with Gasteiger partial charge in [0.2, 0.25) is 0 Å². The van der Waals surface area contributed by atoms with Crippen molar-refractivity contribution in [3.8, 4) is 0 Å². The molecule has 5 heteroatoms. The Hall–Kier alpha value is -2.17. The smallest absolute Gasteiger partial charge is 0.184 e. The van der Waals surface area contributed by atoms with Gasteiger partial charge < -0.3 is 5.32 Å². The fourth-order valence-corrected chi connectivity index (χ4v) is 2.91.